The van der Waals surface area contributed by atoms with Crippen LogP contribution in [-0.2, 0) is 7.05 Å². The van der Waals surface area contributed by atoms with Crippen LogP contribution < -0.4 is 11.2 Å². The molecule has 0 saturated carbocycles. The van der Waals surface area contributed by atoms with Gasteiger partial charge in [0, 0.05) is 38.4 Å². The Morgan fingerprint density at radius 3 is 2.96 bits per heavy atom. The number of hydrogen-bond acceptors (Lipinski definition) is 5. The third-order valence-electron chi connectivity index (χ3n) is 4.75. The van der Waals surface area contributed by atoms with Crippen molar-refractivity contribution in [3.05, 3.63) is 62.8 Å². The molecule has 0 unspecified atom stereocenters. The van der Waals surface area contributed by atoms with Crippen LogP contribution in [0.2, 0.25) is 0 Å². The maximum Gasteiger partial charge on any atom is 0.328 e. The van der Waals surface area contributed by atoms with E-state index in [-0.39, 0.29) is 17.4 Å². The fourth-order valence-corrected chi connectivity index (χ4v) is 3.40. The topological polar surface area (TPSA) is 105 Å². The molecule has 1 atom stereocenters. The SMILES string of the molecule is Cn1cc(C(=O)N2CCC[C@@H](c3nnc4ccccn34)C2)c(=O)[nH]c1=O. The molecule has 0 bridgehead atoms. The average molecular weight is 354 g/mol. The van der Waals surface area contributed by atoms with E-state index < -0.39 is 11.2 Å². The molecule has 0 spiro atoms. The average Bonchev–Trinajstić information content (AvgIpc) is 3.08. The second kappa shape index (κ2) is 6.25. The minimum Gasteiger partial charge on any atom is -0.338 e. The molecule has 9 nitrogen and oxygen atoms in total. The number of nitrogens with one attached hydrogen (secondary N) is 1. The minimum absolute atomic E-state index is 0.0288. The zero-order chi connectivity index (χ0) is 18.3. The van der Waals surface area contributed by atoms with E-state index in [1.165, 1.54) is 17.8 Å². The van der Waals surface area contributed by atoms with Crippen LogP contribution in [0.25, 0.3) is 5.65 Å². The van der Waals surface area contributed by atoms with Gasteiger partial charge in [-0.3, -0.25) is 19.0 Å². The Morgan fingerprint density at radius 1 is 1.27 bits per heavy atom. The first kappa shape index (κ1) is 16.2. The zero-order valence-electron chi connectivity index (χ0n) is 14.3. The highest BCUT2D eigenvalue weighted by Gasteiger charge is 2.29. The second-order valence-electron chi connectivity index (χ2n) is 6.49. The number of likely N-dealkylation sites (tertiary alicyclic amines) is 1. The molecular formula is C17H18N6O3. The van der Waals surface area contributed by atoms with Crippen molar-refractivity contribution in [2.24, 2.45) is 7.05 Å². The van der Waals surface area contributed by atoms with Crippen LogP contribution in [0.3, 0.4) is 0 Å². The first-order valence-electron chi connectivity index (χ1n) is 8.43. The second-order valence-corrected chi connectivity index (χ2v) is 6.49. The lowest BCUT2D eigenvalue weighted by atomic mass is 9.96. The normalized spacial score (nSPS) is 17.6. The third kappa shape index (κ3) is 2.71. The number of amides is 1. The van der Waals surface area contributed by atoms with Crippen LogP contribution in [0.15, 0.2) is 40.2 Å². The monoisotopic (exact) mass is 354 g/mol. The summed E-state index contributed by atoms with van der Waals surface area (Å²) >= 11 is 0. The lowest BCUT2D eigenvalue weighted by molar-refractivity contribution is 0.0701. The van der Waals surface area contributed by atoms with Gasteiger partial charge < -0.3 is 9.47 Å². The Hall–Kier alpha value is -3.23. The van der Waals surface area contributed by atoms with Gasteiger partial charge in [-0.2, -0.15) is 0 Å². The maximum absolute atomic E-state index is 12.8. The molecule has 0 aromatic carbocycles. The van der Waals surface area contributed by atoms with Gasteiger partial charge in [0.15, 0.2) is 5.65 Å². The summed E-state index contributed by atoms with van der Waals surface area (Å²) in [5.41, 5.74) is -0.467. The van der Waals surface area contributed by atoms with E-state index in [0.29, 0.717) is 13.1 Å². The summed E-state index contributed by atoms with van der Waals surface area (Å²) in [7, 11) is 1.50. The molecule has 0 aliphatic carbocycles. The lowest BCUT2D eigenvalue weighted by Crippen LogP contribution is -2.43. The first-order chi connectivity index (χ1) is 12.5. The molecule has 1 aliphatic rings. The Bertz CT molecular complexity index is 1100. The van der Waals surface area contributed by atoms with Crippen LogP contribution in [0.4, 0.5) is 0 Å². The Kier molecular flexibility index (Phi) is 3.90. The van der Waals surface area contributed by atoms with E-state index in [0.717, 1.165) is 24.3 Å². The van der Waals surface area contributed by atoms with Crippen molar-refractivity contribution < 1.29 is 4.79 Å². The predicted octanol–water partition coefficient (Wildman–Crippen LogP) is 0.136. The molecule has 1 saturated heterocycles. The van der Waals surface area contributed by atoms with Crippen molar-refractivity contribution in [2.45, 2.75) is 18.8 Å². The summed E-state index contributed by atoms with van der Waals surface area (Å²) in [5.74, 6) is 0.476. The smallest absolute Gasteiger partial charge is 0.328 e. The Labute approximate surface area is 147 Å². The predicted molar refractivity (Wildman–Crippen MR) is 93.2 cm³/mol. The highest BCUT2D eigenvalue weighted by Crippen LogP contribution is 2.26. The number of aromatic amines is 1. The summed E-state index contributed by atoms with van der Waals surface area (Å²) in [6, 6.07) is 5.69. The van der Waals surface area contributed by atoms with E-state index in [2.05, 4.69) is 15.2 Å². The van der Waals surface area contributed by atoms with Gasteiger partial charge in [0.05, 0.1) is 0 Å². The maximum atomic E-state index is 12.8. The van der Waals surface area contributed by atoms with Crippen LogP contribution in [0.1, 0.15) is 34.9 Å². The molecule has 4 rings (SSSR count). The van der Waals surface area contributed by atoms with E-state index in [9.17, 15) is 14.4 Å². The fraction of sp³-hybridized carbons (Fsp3) is 0.353. The molecule has 4 heterocycles. The van der Waals surface area contributed by atoms with E-state index >= 15 is 0 Å². The van der Waals surface area contributed by atoms with E-state index in [4.69, 9.17) is 0 Å². The number of fused-ring (bicyclic) bond motifs is 1. The van der Waals surface area contributed by atoms with Crippen molar-refractivity contribution in [1.82, 2.24) is 29.0 Å². The number of piperidine rings is 1. The van der Waals surface area contributed by atoms with Gasteiger partial charge >= 0.3 is 5.69 Å². The van der Waals surface area contributed by atoms with Gasteiger partial charge in [-0.25, -0.2) is 4.79 Å². The first-order valence-corrected chi connectivity index (χ1v) is 8.43. The van der Waals surface area contributed by atoms with Gasteiger partial charge in [0.1, 0.15) is 11.4 Å². The summed E-state index contributed by atoms with van der Waals surface area (Å²) in [4.78, 5) is 40.1. The van der Waals surface area contributed by atoms with Gasteiger partial charge in [-0.15, -0.1) is 10.2 Å². The van der Waals surface area contributed by atoms with E-state index in [1.807, 2.05) is 28.8 Å². The molecule has 9 heteroatoms. The van der Waals surface area contributed by atoms with Crippen molar-refractivity contribution >= 4 is 11.6 Å². The number of aromatic nitrogens is 5. The molecule has 3 aromatic heterocycles. The van der Waals surface area contributed by atoms with Crippen molar-refractivity contribution in [3.63, 3.8) is 0 Å². The largest absolute Gasteiger partial charge is 0.338 e. The quantitative estimate of drug-likeness (QED) is 0.704. The third-order valence-corrected chi connectivity index (χ3v) is 4.75. The van der Waals surface area contributed by atoms with Crippen LogP contribution in [0.5, 0.6) is 0 Å². The molecule has 0 radical (unpaired) electrons. The molecule has 1 fully saturated rings. The Morgan fingerprint density at radius 2 is 2.12 bits per heavy atom. The standard InChI is InChI=1S/C17H18N6O3/c1-21-10-12(15(24)18-17(21)26)16(25)22-7-4-5-11(9-22)14-20-19-13-6-2-3-8-23(13)14/h2-3,6,8,10-11H,4-5,7,9H2,1H3,(H,18,24,26)/t11-/m1/s1. The van der Waals surface area contributed by atoms with Gasteiger partial charge in [-0.1, -0.05) is 6.07 Å². The van der Waals surface area contributed by atoms with Crippen LogP contribution >= 0.6 is 0 Å². The summed E-state index contributed by atoms with van der Waals surface area (Å²) in [6.07, 6.45) is 4.90. The summed E-state index contributed by atoms with van der Waals surface area (Å²) in [6.45, 7) is 1.02. The number of pyridine rings is 1. The Balaban J connectivity index is 1.63. The number of carbonyl (C=O) groups is 1. The number of rotatable bonds is 2. The van der Waals surface area contributed by atoms with Crippen LogP contribution in [0, 0.1) is 0 Å². The van der Waals surface area contributed by atoms with Crippen molar-refractivity contribution in [1.29, 1.82) is 0 Å². The van der Waals surface area contributed by atoms with Crippen LogP contribution in [-0.4, -0.2) is 48.0 Å². The van der Waals surface area contributed by atoms with Gasteiger partial charge in [0.25, 0.3) is 11.5 Å². The molecule has 3 aromatic rings. The van der Waals surface area contributed by atoms with Gasteiger partial charge in [-0.05, 0) is 25.0 Å². The minimum atomic E-state index is -0.659. The number of nitrogens with zero attached hydrogens (tertiary/aromatic N) is 5. The van der Waals surface area contributed by atoms with E-state index in [1.54, 1.807) is 4.90 Å². The number of H-pyrrole nitrogens is 1. The van der Waals surface area contributed by atoms with Crippen molar-refractivity contribution in [2.75, 3.05) is 13.1 Å². The molecule has 26 heavy (non-hydrogen) atoms. The highest BCUT2D eigenvalue weighted by atomic mass is 16.2. The molecule has 1 aliphatic heterocycles. The highest BCUT2D eigenvalue weighted by molar-refractivity contribution is 5.93. The fourth-order valence-electron chi connectivity index (χ4n) is 3.40. The molecule has 1 amide bonds. The number of carbonyl (C=O) groups excluding carboxylic acids is 1. The molecular weight excluding hydrogens is 336 g/mol. The molecule has 1 N–H and O–H groups in total. The molecule has 134 valence electrons. The van der Waals surface area contributed by atoms with Gasteiger partial charge in [0.2, 0.25) is 0 Å². The number of aryl methyl sites for hydroxylation is 1. The zero-order valence-corrected chi connectivity index (χ0v) is 14.3. The number of hydrogen-bond donors (Lipinski definition) is 1. The lowest BCUT2D eigenvalue weighted by Gasteiger charge is -2.31. The summed E-state index contributed by atoms with van der Waals surface area (Å²) < 4.78 is 3.12. The van der Waals surface area contributed by atoms with Crippen molar-refractivity contribution in [3.8, 4) is 0 Å². The summed E-state index contributed by atoms with van der Waals surface area (Å²) in [5, 5.41) is 8.46.